The first-order chi connectivity index (χ1) is 12.1. The van der Waals surface area contributed by atoms with Crippen LogP contribution in [0.4, 0.5) is 0 Å². The first kappa shape index (κ1) is 17.2. The lowest BCUT2D eigenvalue weighted by atomic mass is 10.0. The molecule has 130 valence electrons. The zero-order valence-corrected chi connectivity index (χ0v) is 14.5. The summed E-state index contributed by atoms with van der Waals surface area (Å²) in [6.45, 7) is 2.61. The van der Waals surface area contributed by atoms with Crippen LogP contribution < -0.4 is 0 Å². The number of hydrogen-bond donors (Lipinski definition) is 0. The minimum atomic E-state index is -0.461. The maximum absolute atomic E-state index is 12.2. The first-order valence-electron chi connectivity index (χ1n) is 8.77. The van der Waals surface area contributed by atoms with E-state index in [4.69, 9.17) is 4.74 Å². The fourth-order valence-electron chi connectivity index (χ4n) is 3.19. The summed E-state index contributed by atoms with van der Waals surface area (Å²) < 4.78 is 5.21. The Hall–Kier alpha value is -2.62. The van der Waals surface area contributed by atoms with Gasteiger partial charge in [-0.15, -0.1) is 0 Å². The van der Waals surface area contributed by atoms with E-state index in [1.54, 1.807) is 12.1 Å². The van der Waals surface area contributed by atoms with E-state index < -0.39 is 5.97 Å². The van der Waals surface area contributed by atoms with Crippen molar-refractivity contribution in [1.29, 1.82) is 0 Å². The third kappa shape index (κ3) is 4.27. The second-order valence-electron chi connectivity index (χ2n) is 6.45. The summed E-state index contributed by atoms with van der Waals surface area (Å²) >= 11 is 0. The summed E-state index contributed by atoms with van der Waals surface area (Å²) in [6, 6.07) is 17.4. The number of amides is 1. The van der Waals surface area contributed by atoms with E-state index in [1.165, 1.54) is 0 Å². The van der Waals surface area contributed by atoms with Crippen molar-refractivity contribution in [2.45, 2.75) is 32.2 Å². The van der Waals surface area contributed by atoms with E-state index >= 15 is 0 Å². The van der Waals surface area contributed by atoms with E-state index in [0.29, 0.717) is 5.56 Å². The molecule has 4 heteroatoms. The van der Waals surface area contributed by atoms with E-state index in [0.717, 1.165) is 36.9 Å². The number of nitrogens with zero attached hydrogens (tertiary/aromatic N) is 1. The highest BCUT2D eigenvalue weighted by molar-refractivity contribution is 5.92. The lowest BCUT2D eigenvalue weighted by Crippen LogP contribution is -2.44. The van der Waals surface area contributed by atoms with Gasteiger partial charge < -0.3 is 9.64 Å². The van der Waals surface area contributed by atoms with E-state index in [2.05, 4.69) is 0 Å². The fraction of sp³-hybridized carbons (Fsp3) is 0.333. The van der Waals surface area contributed by atoms with Gasteiger partial charge in [-0.2, -0.15) is 0 Å². The molecule has 0 aromatic heterocycles. The predicted molar refractivity (Wildman–Crippen MR) is 97.2 cm³/mol. The van der Waals surface area contributed by atoms with Crippen molar-refractivity contribution in [2.24, 2.45) is 0 Å². The van der Waals surface area contributed by atoms with Crippen molar-refractivity contribution < 1.29 is 14.3 Å². The first-order valence-corrected chi connectivity index (χ1v) is 8.77. The molecule has 4 nitrogen and oxygen atoms in total. The van der Waals surface area contributed by atoms with Crippen LogP contribution in [-0.2, 0) is 9.53 Å². The second-order valence-corrected chi connectivity index (χ2v) is 6.45. The molecule has 0 N–H and O–H groups in total. The molecule has 1 fully saturated rings. The Labute approximate surface area is 148 Å². The molecule has 1 heterocycles. The van der Waals surface area contributed by atoms with Gasteiger partial charge in [-0.1, -0.05) is 42.5 Å². The van der Waals surface area contributed by atoms with Crippen molar-refractivity contribution in [1.82, 2.24) is 4.90 Å². The van der Waals surface area contributed by atoms with Gasteiger partial charge in [0.15, 0.2) is 6.61 Å². The number of esters is 1. The van der Waals surface area contributed by atoms with Crippen LogP contribution in [0.3, 0.4) is 0 Å². The molecule has 1 aliphatic rings. The second kappa shape index (κ2) is 7.97. The van der Waals surface area contributed by atoms with Gasteiger partial charge in [-0.25, -0.2) is 4.79 Å². The van der Waals surface area contributed by atoms with Crippen molar-refractivity contribution in [2.75, 3.05) is 13.2 Å². The molecule has 0 bridgehead atoms. The summed E-state index contributed by atoms with van der Waals surface area (Å²) in [4.78, 5) is 26.2. The highest BCUT2D eigenvalue weighted by Gasteiger charge is 2.24. The maximum atomic E-state index is 12.2. The van der Waals surface area contributed by atoms with Gasteiger partial charge in [0.05, 0.1) is 5.56 Å². The number of hydrogen-bond acceptors (Lipinski definition) is 3. The molecule has 1 atom stereocenters. The van der Waals surface area contributed by atoms with Crippen LogP contribution >= 0.6 is 0 Å². The minimum absolute atomic E-state index is 0.110. The molecule has 25 heavy (non-hydrogen) atoms. The number of ether oxygens (including phenoxy) is 1. The smallest absolute Gasteiger partial charge is 0.338 e. The molecule has 2 aromatic carbocycles. The van der Waals surface area contributed by atoms with Crippen LogP contribution in [0, 0.1) is 0 Å². The van der Waals surface area contributed by atoms with Gasteiger partial charge in [-0.3, -0.25) is 4.79 Å². The predicted octanol–water partition coefficient (Wildman–Crippen LogP) is 3.91. The monoisotopic (exact) mass is 337 g/mol. The topological polar surface area (TPSA) is 46.6 Å². The number of piperidine rings is 1. The molecule has 0 aliphatic carbocycles. The van der Waals surface area contributed by atoms with Gasteiger partial charge >= 0.3 is 5.97 Å². The summed E-state index contributed by atoms with van der Waals surface area (Å²) in [5, 5.41) is 0. The lowest BCUT2D eigenvalue weighted by molar-refractivity contribution is -0.137. The Bertz CT molecular complexity index is 725. The molecule has 1 amide bonds. The Morgan fingerprint density at radius 3 is 2.36 bits per heavy atom. The Morgan fingerprint density at radius 1 is 1.00 bits per heavy atom. The molecule has 0 unspecified atom stereocenters. The van der Waals surface area contributed by atoms with Crippen molar-refractivity contribution in [3.05, 3.63) is 60.2 Å². The van der Waals surface area contributed by atoms with E-state index in [1.807, 2.05) is 54.3 Å². The molecule has 1 saturated heterocycles. The average Bonchev–Trinajstić information content (AvgIpc) is 2.67. The molecule has 2 aromatic rings. The molecular weight excluding hydrogens is 314 g/mol. The van der Waals surface area contributed by atoms with Gasteiger partial charge in [0.2, 0.25) is 0 Å². The molecule has 0 radical (unpaired) electrons. The standard InChI is InChI=1S/C21H23NO3/c1-16-7-5-6-14-22(16)20(23)15-25-21(24)19-12-10-18(11-13-19)17-8-3-2-4-9-17/h2-4,8-13,16H,5-7,14-15H2,1H3/t16-/m1/s1. The number of carbonyl (C=O) groups excluding carboxylic acids is 2. The zero-order chi connectivity index (χ0) is 17.6. The van der Waals surface area contributed by atoms with Crippen LogP contribution in [0.25, 0.3) is 11.1 Å². The van der Waals surface area contributed by atoms with E-state index in [9.17, 15) is 9.59 Å². The number of rotatable bonds is 4. The molecule has 0 spiro atoms. The summed E-state index contributed by atoms with van der Waals surface area (Å²) in [7, 11) is 0. The highest BCUT2D eigenvalue weighted by atomic mass is 16.5. The Balaban J connectivity index is 1.57. The van der Waals surface area contributed by atoms with Crippen molar-refractivity contribution in [3.8, 4) is 11.1 Å². The Morgan fingerprint density at radius 2 is 1.68 bits per heavy atom. The van der Waals surface area contributed by atoms with Gasteiger partial charge in [0.25, 0.3) is 5.91 Å². The third-order valence-electron chi connectivity index (χ3n) is 4.68. The summed E-state index contributed by atoms with van der Waals surface area (Å²) in [6.07, 6.45) is 3.18. The Kier molecular flexibility index (Phi) is 5.49. The van der Waals surface area contributed by atoms with Crippen LogP contribution in [0.1, 0.15) is 36.5 Å². The quantitative estimate of drug-likeness (QED) is 0.795. The zero-order valence-electron chi connectivity index (χ0n) is 14.5. The van der Waals surface area contributed by atoms with Gasteiger partial charge in [0, 0.05) is 12.6 Å². The summed E-state index contributed by atoms with van der Waals surface area (Å²) in [5.41, 5.74) is 2.59. The third-order valence-corrected chi connectivity index (χ3v) is 4.68. The maximum Gasteiger partial charge on any atom is 0.338 e. The van der Waals surface area contributed by atoms with E-state index in [-0.39, 0.29) is 18.6 Å². The van der Waals surface area contributed by atoms with Gasteiger partial charge in [0.1, 0.15) is 0 Å². The van der Waals surface area contributed by atoms with Crippen LogP contribution in [0.15, 0.2) is 54.6 Å². The summed E-state index contributed by atoms with van der Waals surface area (Å²) in [5.74, 6) is -0.570. The van der Waals surface area contributed by atoms with Crippen LogP contribution in [0.2, 0.25) is 0 Å². The average molecular weight is 337 g/mol. The molecule has 1 aliphatic heterocycles. The fourth-order valence-corrected chi connectivity index (χ4v) is 3.19. The lowest BCUT2D eigenvalue weighted by Gasteiger charge is -2.33. The largest absolute Gasteiger partial charge is 0.452 e. The number of benzene rings is 2. The van der Waals surface area contributed by atoms with Gasteiger partial charge in [-0.05, 0) is 49.4 Å². The SMILES string of the molecule is C[C@@H]1CCCCN1C(=O)COC(=O)c1ccc(-c2ccccc2)cc1. The van der Waals surface area contributed by atoms with Crippen LogP contribution in [0.5, 0.6) is 0 Å². The van der Waals surface area contributed by atoms with Crippen molar-refractivity contribution in [3.63, 3.8) is 0 Å². The van der Waals surface area contributed by atoms with Crippen molar-refractivity contribution >= 4 is 11.9 Å². The molecule has 3 rings (SSSR count). The molecular formula is C21H23NO3. The molecule has 0 saturated carbocycles. The normalized spacial score (nSPS) is 17.2. The number of likely N-dealkylation sites (tertiary alicyclic amines) is 1. The number of carbonyl (C=O) groups is 2. The van der Waals surface area contributed by atoms with Crippen LogP contribution in [-0.4, -0.2) is 36.0 Å². The minimum Gasteiger partial charge on any atom is -0.452 e. The highest BCUT2D eigenvalue weighted by Crippen LogP contribution is 2.20.